The fourth-order valence-electron chi connectivity index (χ4n) is 2.70. The molecule has 0 bridgehead atoms. The molecule has 22 heavy (non-hydrogen) atoms. The SMILES string of the molecule is Cn1c(C(=O)N2C[C@@H](C(=O)O)c3ccccc32)cc(Cl)c1Cl. The largest absolute Gasteiger partial charge is 0.481 e. The number of aromatic nitrogens is 1. The van der Waals surface area contributed by atoms with Gasteiger partial charge in [-0.1, -0.05) is 41.4 Å². The number of carboxylic acids is 1. The maximum Gasteiger partial charge on any atom is 0.312 e. The van der Waals surface area contributed by atoms with Crippen LogP contribution >= 0.6 is 23.2 Å². The molecular formula is C15H12Cl2N2O3. The lowest BCUT2D eigenvalue weighted by molar-refractivity contribution is -0.138. The Labute approximate surface area is 136 Å². The third kappa shape index (κ3) is 2.17. The minimum absolute atomic E-state index is 0.0912. The first kappa shape index (κ1) is 14.9. The van der Waals surface area contributed by atoms with Crippen LogP contribution in [0.5, 0.6) is 0 Å². The molecule has 1 aliphatic heterocycles. The molecule has 0 fully saturated rings. The number of carbonyl (C=O) groups excluding carboxylic acids is 1. The molecule has 1 aromatic heterocycles. The molecule has 114 valence electrons. The van der Waals surface area contributed by atoms with Crippen molar-refractivity contribution in [3.05, 3.63) is 51.8 Å². The number of benzene rings is 1. The number of para-hydroxylation sites is 1. The maximum atomic E-state index is 12.8. The van der Waals surface area contributed by atoms with E-state index >= 15 is 0 Å². The van der Waals surface area contributed by atoms with Crippen LogP contribution in [0.15, 0.2) is 30.3 Å². The van der Waals surface area contributed by atoms with Crippen molar-refractivity contribution < 1.29 is 14.7 Å². The average Bonchev–Trinajstić information content (AvgIpc) is 3.00. The fraction of sp³-hybridized carbons (Fsp3) is 0.200. The number of halogens is 2. The zero-order valence-corrected chi connectivity index (χ0v) is 13.1. The zero-order valence-electron chi connectivity index (χ0n) is 11.6. The fourth-order valence-corrected chi connectivity index (χ4v) is 3.07. The van der Waals surface area contributed by atoms with Gasteiger partial charge in [0.2, 0.25) is 0 Å². The van der Waals surface area contributed by atoms with Crippen molar-refractivity contribution in [2.75, 3.05) is 11.4 Å². The van der Waals surface area contributed by atoms with E-state index in [2.05, 4.69) is 0 Å². The van der Waals surface area contributed by atoms with Crippen molar-refractivity contribution in [3.8, 4) is 0 Å². The molecule has 1 aromatic carbocycles. The number of hydrogen-bond acceptors (Lipinski definition) is 2. The Hall–Kier alpha value is -1.98. The van der Waals surface area contributed by atoms with Crippen LogP contribution in [0.25, 0.3) is 0 Å². The molecule has 0 unspecified atom stereocenters. The molecule has 1 N–H and O–H groups in total. The predicted molar refractivity (Wildman–Crippen MR) is 83.9 cm³/mol. The number of aliphatic carboxylic acids is 1. The van der Waals surface area contributed by atoms with Gasteiger partial charge in [-0.3, -0.25) is 9.59 Å². The van der Waals surface area contributed by atoms with Gasteiger partial charge in [-0.2, -0.15) is 0 Å². The molecule has 0 aliphatic carbocycles. The van der Waals surface area contributed by atoms with E-state index in [1.165, 1.54) is 15.5 Å². The van der Waals surface area contributed by atoms with Crippen molar-refractivity contribution in [2.24, 2.45) is 7.05 Å². The van der Waals surface area contributed by atoms with Gasteiger partial charge >= 0.3 is 5.97 Å². The summed E-state index contributed by atoms with van der Waals surface area (Å²) in [7, 11) is 1.64. The Morgan fingerprint density at radius 1 is 1.27 bits per heavy atom. The van der Waals surface area contributed by atoms with Gasteiger partial charge in [0.1, 0.15) is 16.8 Å². The molecule has 0 spiro atoms. The van der Waals surface area contributed by atoms with E-state index in [4.69, 9.17) is 23.2 Å². The van der Waals surface area contributed by atoms with Crippen LogP contribution in [-0.2, 0) is 11.8 Å². The number of carboxylic acid groups (broad SMARTS) is 1. The highest BCUT2D eigenvalue weighted by atomic mass is 35.5. The van der Waals surface area contributed by atoms with E-state index in [1.54, 1.807) is 31.3 Å². The lowest BCUT2D eigenvalue weighted by Gasteiger charge is -2.17. The highest BCUT2D eigenvalue weighted by Gasteiger charge is 2.37. The quantitative estimate of drug-likeness (QED) is 0.914. The Kier molecular flexibility index (Phi) is 3.62. The summed E-state index contributed by atoms with van der Waals surface area (Å²) < 4.78 is 1.49. The van der Waals surface area contributed by atoms with E-state index in [9.17, 15) is 14.7 Å². The maximum absolute atomic E-state index is 12.8. The zero-order chi connectivity index (χ0) is 16.0. The summed E-state index contributed by atoms with van der Waals surface area (Å²) in [5.74, 6) is -2.01. The number of carbonyl (C=O) groups is 2. The lowest BCUT2D eigenvalue weighted by Crippen LogP contribution is -2.32. The van der Waals surface area contributed by atoms with Crippen molar-refractivity contribution in [1.29, 1.82) is 0 Å². The van der Waals surface area contributed by atoms with Gasteiger partial charge in [0.25, 0.3) is 5.91 Å². The van der Waals surface area contributed by atoms with Crippen molar-refractivity contribution in [3.63, 3.8) is 0 Å². The highest BCUT2D eigenvalue weighted by molar-refractivity contribution is 6.42. The Morgan fingerprint density at radius 2 is 1.95 bits per heavy atom. The van der Waals surface area contributed by atoms with E-state index < -0.39 is 11.9 Å². The Morgan fingerprint density at radius 3 is 2.55 bits per heavy atom. The Bertz CT molecular complexity index is 785. The summed E-state index contributed by atoms with van der Waals surface area (Å²) in [5, 5.41) is 9.91. The predicted octanol–water partition coefficient (Wildman–Crippen LogP) is 3.16. The number of nitrogens with zero attached hydrogens (tertiary/aromatic N) is 2. The van der Waals surface area contributed by atoms with Crippen molar-refractivity contribution in [1.82, 2.24) is 4.57 Å². The topological polar surface area (TPSA) is 62.5 Å². The minimum atomic E-state index is -0.953. The van der Waals surface area contributed by atoms with Crippen LogP contribution in [0.3, 0.4) is 0 Å². The van der Waals surface area contributed by atoms with Gasteiger partial charge < -0.3 is 14.6 Å². The highest BCUT2D eigenvalue weighted by Crippen LogP contribution is 2.37. The van der Waals surface area contributed by atoms with Gasteiger partial charge in [0, 0.05) is 19.3 Å². The number of anilines is 1. The lowest BCUT2D eigenvalue weighted by atomic mass is 10.0. The van der Waals surface area contributed by atoms with Crippen LogP contribution in [0.2, 0.25) is 10.2 Å². The second kappa shape index (κ2) is 5.34. The second-order valence-corrected chi connectivity index (χ2v) is 5.86. The molecule has 0 saturated heterocycles. The van der Waals surface area contributed by atoms with Gasteiger partial charge in [0.05, 0.1) is 5.02 Å². The summed E-state index contributed by atoms with van der Waals surface area (Å²) in [5.41, 5.74) is 1.55. The molecule has 1 atom stereocenters. The summed E-state index contributed by atoms with van der Waals surface area (Å²) >= 11 is 11.9. The minimum Gasteiger partial charge on any atom is -0.481 e. The first-order valence-corrected chi connectivity index (χ1v) is 7.31. The van der Waals surface area contributed by atoms with Crippen LogP contribution < -0.4 is 4.90 Å². The summed E-state index contributed by atoms with van der Waals surface area (Å²) in [6, 6.07) is 8.49. The Balaban J connectivity index is 2.04. The molecular weight excluding hydrogens is 327 g/mol. The van der Waals surface area contributed by atoms with Crippen LogP contribution in [0, 0.1) is 0 Å². The molecule has 1 amide bonds. The van der Waals surface area contributed by atoms with Gasteiger partial charge in [-0.25, -0.2) is 0 Å². The van der Waals surface area contributed by atoms with E-state index in [1.807, 2.05) is 0 Å². The molecule has 3 rings (SSSR count). The average molecular weight is 339 g/mol. The standard InChI is InChI=1S/C15H12Cl2N2O3/c1-18-12(6-10(16)13(18)17)14(20)19-7-9(15(21)22)8-4-2-3-5-11(8)19/h2-6,9H,7H2,1H3,(H,21,22)/t9-/m1/s1. The van der Waals surface area contributed by atoms with Crippen LogP contribution in [-0.4, -0.2) is 28.1 Å². The first-order valence-electron chi connectivity index (χ1n) is 6.56. The smallest absolute Gasteiger partial charge is 0.312 e. The van der Waals surface area contributed by atoms with Gasteiger partial charge in [-0.15, -0.1) is 0 Å². The summed E-state index contributed by atoms with van der Waals surface area (Å²) in [4.78, 5) is 25.6. The summed E-state index contributed by atoms with van der Waals surface area (Å²) in [6.07, 6.45) is 0. The van der Waals surface area contributed by atoms with Gasteiger partial charge in [0.15, 0.2) is 0 Å². The monoisotopic (exact) mass is 338 g/mol. The normalized spacial score (nSPS) is 16.7. The molecule has 7 heteroatoms. The third-order valence-electron chi connectivity index (χ3n) is 3.85. The van der Waals surface area contributed by atoms with Gasteiger partial charge in [-0.05, 0) is 17.7 Å². The molecule has 0 saturated carbocycles. The number of amides is 1. The van der Waals surface area contributed by atoms with Crippen molar-refractivity contribution in [2.45, 2.75) is 5.92 Å². The molecule has 0 radical (unpaired) electrons. The second-order valence-electron chi connectivity index (χ2n) is 5.09. The molecule has 1 aliphatic rings. The van der Waals surface area contributed by atoms with Crippen LogP contribution in [0.4, 0.5) is 5.69 Å². The third-order valence-corrected chi connectivity index (χ3v) is 4.69. The van der Waals surface area contributed by atoms with E-state index in [0.717, 1.165) is 0 Å². The molecule has 2 heterocycles. The number of hydrogen-bond donors (Lipinski definition) is 1. The molecule has 2 aromatic rings. The molecule has 5 nitrogen and oxygen atoms in total. The number of rotatable bonds is 2. The van der Waals surface area contributed by atoms with E-state index in [0.29, 0.717) is 16.9 Å². The first-order chi connectivity index (χ1) is 10.4. The number of fused-ring (bicyclic) bond motifs is 1. The van der Waals surface area contributed by atoms with E-state index in [-0.39, 0.29) is 22.6 Å². The van der Waals surface area contributed by atoms with Crippen LogP contribution in [0.1, 0.15) is 22.0 Å². The summed E-state index contributed by atoms with van der Waals surface area (Å²) in [6.45, 7) is 0.0912. The van der Waals surface area contributed by atoms with Crippen molar-refractivity contribution >= 4 is 40.8 Å².